The zero-order valence-corrected chi connectivity index (χ0v) is 8.10. The molecule has 2 atom stereocenters. The van der Waals surface area contributed by atoms with E-state index < -0.39 is 23.9 Å². The Labute approximate surface area is 82.5 Å². The molecule has 0 saturated heterocycles. The molecule has 0 heterocycles. The van der Waals surface area contributed by atoms with E-state index in [4.69, 9.17) is 10.8 Å². The largest absolute Gasteiger partial charge is 0.481 e. The van der Waals surface area contributed by atoms with Gasteiger partial charge in [0.2, 0.25) is 0 Å². The SMILES string of the molecule is C=CCOC(=O)[C@@H](N)C(C)CC(=O)O. The van der Waals surface area contributed by atoms with Crippen molar-refractivity contribution in [3.05, 3.63) is 12.7 Å². The molecule has 0 amide bonds. The lowest BCUT2D eigenvalue weighted by atomic mass is 9.99. The van der Waals surface area contributed by atoms with E-state index in [1.165, 1.54) is 6.08 Å². The molecule has 0 aliphatic heterocycles. The first-order valence-electron chi connectivity index (χ1n) is 4.24. The van der Waals surface area contributed by atoms with E-state index in [0.29, 0.717) is 0 Å². The summed E-state index contributed by atoms with van der Waals surface area (Å²) < 4.78 is 4.68. The van der Waals surface area contributed by atoms with Crippen LogP contribution in [-0.2, 0) is 14.3 Å². The highest BCUT2D eigenvalue weighted by molar-refractivity contribution is 5.77. The van der Waals surface area contributed by atoms with Gasteiger partial charge in [-0.2, -0.15) is 0 Å². The average molecular weight is 201 g/mol. The summed E-state index contributed by atoms with van der Waals surface area (Å²) in [6.07, 6.45) is 1.27. The maximum absolute atomic E-state index is 11.1. The van der Waals surface area contributed by atoms with Crippen molar-refractivity contribution < 1.29 is 19.4 Å². The van der Waals surface area contributed by atoms with Gasteiger partial charge in [0.05, 0.1) is 0 Å². The lowest BCUT2D eigenvalue weighted by molar-refractivity contribution is -0.146. The standard InChI is InChI=1S/C9H15NO4/c1-3-4-14-9(13)8(10)6(2)5-7(11)12/h3,6,8H,1,4-5,10H2,2H3,(H,11,12)/t6?,8-/m0/s1. The Bertz CT molecular complexity index is 227. The first-order valence-corrected chi connectivity index (χ1v) is 4.24. The molecule has 14 heavy (non-hydrogen) atoms. The van der Waals surface area contributed by atoms with Crippen molar-refractivity contribution >= 4 is 11.9 Å². The number of aliphatic carboxylic acids is 1. The van der Waals surface area contributed by atoms with Crippen molar-refractivity contribution in [1.82, 2.24) is 0 Å². The van der Waals surface area contributed by atoms with Crippen molar-refractivity contribution in [2.75, 3.05) is 6.61 Å². The number of carbonyl (C=O) groups is 2. The maximum atomic E-state index is 11.1. The van der Waals surface area contributed by atoms with E-state index in [-0.39, 0.29) is 13.0 Å². The third-order valence-electron chi connectivity index (χ3n) is 1.73. The predicted molar refractivity (Wildman–Crippen MR) is 50.5 cm³/mol. The monoisotopic (exact) mass is 201 g/mol. The van der Waals surface area contributed by atoms with Crippen molar-refractivity contribution in [3.63, 3.8) is 0 Å². The first-order chi connectivity index (χ1) is 6.49. The second kappa shape index (κ2) is 6.15. The van der Waals surface area contributed by atoms with Crippen LogP contribution in [-0.4, -0.2) is 29.7 Å². The lowest BCUT2D eigenvalue weighted by Gasteiger charge is -2.16. The number of ether oxygens (including phenoxy) is 1. The van der Waals surface area contributed by atoms with E-state index in [0.717, 1.165) is 0 Å². The van der Waals surface area contributed by atoms with Crippen LogP contribution in [0.4, 0.5) is 0 Å². The molecule has 1 unspecified atom stereocenters. The molecule has 0 bridgehead atoms. The summed E-state index contributed by atoms with van der Waals surface area (Å²) in [5, 5.41) is 8.47. The molecule has 0 saturated carbocycles. The molecule has 0 aromatic rings. The molecule has 0 rings (SSSR count). The molecule has 0 aromatic heterocycles. The van der Waals surface area contributed by atoms with Gasteiger partial charge < -0.3 is 15.6 Å². The normalized spacial score (nSPS) is 14.1. The Morgan fingerprint density at radius 3 is 2.64 bits per heavy atom. The Morgan fingerprint density at radius 1 is 1.64 bits per heavy atom. The number of carboxylic acid groups (broad SMARTS) is 1. The van der Waals surface area contributed by atoms with Crippen molar-refractivity contribution in [2.45, 2.75) is 19.4 Å². The van der Waals surface area contributed by atoms with Gasteiger partial charge in [-0.1, -0.05) is 19.6 Å². The molecule has 0 fully saturated rings. The molecule has 0 radical (unpaired) electrons. The van der Waals surface area contributed by atoms with Crippen molar-refractivity contribution in [1.29, 1.82) is 0 Å². The molecule has 0 spiro atoms. The lowest BCUT2D eigenvalue weighted by Crippen LogP contribution is -2.39. The molecule has 5 nitrogen and oxygen atoms in total. The van der Waals surface area contributed by atoms with Crippen LogP contribution in [0, 0.1) is 5.92 Å². The third-order valence-corrected chi connectivity index (χ3v) is 1.73. The van der Waals surface area contributed by atoms with Crippen LogP contribution in [0.15, 0.2) is 12.7 Å². The first kappa shape index (κ1) is 12.6. The number of carbonyl (C=O) groups excluding carboxylic acids is 1. The number of carboxylic acids is 1. The van der Waals surface area contributed by atoms with E-state index in [9.17, 15) is 9.59 Å². The van der Waals surface area contributed by atoms with Crippen LogP contribution in [0.5, 0.6) is 0 Å². The van der Waals surface area contributed by atoms with Crippen LogP contribution in [0.25, 0.3) is 0 Å². The fourth-order valence-corrected chi connectivity index (χ4v) is 0.872. The van der Waals surface area contributed by atoms with E-state index in [2.05, 4.69) is 11.3 Å². The van der Waals surface area contributed by atoms with Gasteiger partial charge in [0.15, 0.2) is 0 Å². The zero-order valence-electron chi connectivity index (χ0n) is 8.10. The van der Waals surface area contributed by atoms with Gasteiger partial charge >= 0.3 is 11.9 Å². The second-order valence-corrected chi connectivity index (χ2v) is 3.02. The highest BCUT2D eigenvalue weighted by Gasteiger charge is 2.23. The predicted octanol–water partition coefficient (Wildman–Crippen LogP) is 0.154. The summed E-state index contributed by atoms with van der Waals surface area (Å²) in [5.74, 6) is -2.02. The third kappa shape index (κ3) is 4.61. The van der Waals surface area contributed by atoms with Crippen LogP contribution < -0.4 is 5.73 Å². The highest BCUT2D eigenvalue weighted by atomic mass is 16.5. The Hall–Kier alpha value is -1.36. The molecule has 0 aliphatic carbocycles. The molecule has 3 N–H and O–H groups in total. The van der Waals surface area contributed by atoms with Gasteiger partial charge in [0.25, 0.3) is 0 Å². The number of rotatable bonds is 6. The van der Waals surface area contributed by atoms with Crippen LogP contribution >= 0.6 is 0 Å². The van der Waals surface area contributed by atoms with Gasteiger partial charge in [0, 0.05) is 6.42 Å². The fourth-order valence-electron chi connectivity index (χ4n) is 0.872. The Kier molecular flexibility index (Phi) is 5.55. The fraction of sp³-hybridized carbons (Fsp3) is 0.556. The summed E-state index contributed by atoms with van der Waals surface area (Å²) in [4.78, 5) is 21.5. The van der Waals surface area contributed by atoms with Gasteiger partial charge in [0.1, 0.15) is 12.6 Å². The highest BCUT2D eigenvalue weighted by Crippen LogP contribution is 2.07. The number of esters is 1. The molecule has 0 aromatic carbocycles. The molecule has 5 heteroatoms. The number of hydrogen-bond acceptors (Lipinski definition) is 4. The van der Waals surface area contributed by atoms with Gasteiger partial charge in [-0.25, -0.2) is 0 Å². The molecule has 80 valence electrons. The zero-order chi connectivity index (χ0) is 11.1. The molecular formula is C9H15NO4. The maximum Gasteiger partial charge on any atom is 0.323 e. The molecule has 0 aliphatic rings. The van der Waals surface area contributed by atoms with Crippen molar-refractivity contribution in [2.24, 2.45) is 11.7 Å². The number of hydrogen-bond donors (Lipinski definition) is 2. The van der Waals surface area contributed by atoms with Crippen molar-refractivity contribution in [3.8, 4) is 0 Å². The van der Waals surface area contributed by atoms with Crippen LogP contribution in [0.2, 0.25) is 0 Å². The van der Waals surface area contributed by atoms with E-state index in [1.54, 1.807) is 6.92 Å². The minimum absolute atomic E-state index is 0.0896. The topological polar surface area (TPSA) is 89.6 Å². The summed E-state index contributed by atoms with van der Waals surface area (Å²) in [5.41, 5.74) is 5.48. The summed E-state index contributed by atoms with van der Waals surface area (Å²) >= 11 is 0. The summed E-state index contributed by atoms with van der Waals surface area (Å²) in [7, 11) is 0. The van der Waals surface area contributed by atoms with Gasteiger partial charge in [-0.15, -0.1) is 0 Å². The second-order valence-electron chi connectivity index (χ2n) is 3.02. The smallest absolute Gasteiger partial charge is 0.323 e. The molecular weight excluding hydrogens is 186 g/mol. The minimum Gasteiger partial charge on any atom is -0.481 e. The summed E-state index contributed by atoms with van der Waals surface area (Å²) in [6.45, 7) is 5.05. The Balaban J connectivity index is 4.02. The average Bonchev–Trinajstić information content (AvgIpc) is 2.11. The number of nitrogens with two attached hydrogens (primary N) is 1. The minimum atomic E-state index is -0.982. The van der Waals surface area contributed by atoms with Crippen LogP contribution in [0.1, 0.15) is 13.3 Å². The summed E-state index contributed by atoms with van der Waals surface area (Å²) in [6, 6.07) is -0.897. The van der Waals surface area contributed by atoms with E-state index in [1.807, 2.05) is 0 Å². The van der Waals surface area contributed by atoms with Crippen LogP contribution in [0.3, 0.4) is 0 Å². The Morgan fingerprint density at radius 2 is 2.21 bits per heavy atom. The van der Waals surface area contributed by atoms with Gasteiger partial charge in [-0.3, -0.25) is 9.59 Å². The van der Waals surface area contributed by atoms with Gasteiger partial charge in [-0.05, 0) is 5.92 Å². The van der Waals surface area contributed by atoms with E-state index >= 15 is 0 Å². The quantitative estimate of drug-likeness (QED) is 0.471.